The topological polar surface area (TPSA) is 58.6 Å². The summed E-state index contributed by atoms with van der Waals surface area (Å²) in [6.45, 7) is 2.21. The van der Waals surface area contributed by atoms with Gasteiger partial charge in [0.15, 0.2) is 0 Å². The molecule has 2 atom stereocenters. The molecule has 0 spiro atoms. The van der Waals surface area contributed by atoms with E-state index in [1.807, 2.05) is 19.1 Å². The number of dihydropyridines is 1. The van der Waals surface area contributed by atoms with Gasteiger partial charge in [-0.05, 0) is 19.4 Å². The Morgan fingerprint density at radius 1 is 1.91 bits per heavy atom. The maximum atomic E-state index is 9.33. The normalized spacial score (nSPS) is 26.5. The Balaban J connectivity index is 2.56. The van der Waals surface area contributed by atoms with E-state index in [2.05, 4.69) is 4.99 Å². The van der Waals surface area contributed by atoms with Crippen LogP contribution in [-0.4, -0.2) is 29.5 Å². The van der Waals surface area contributed by atoms with Gasteiger partial charge in [0.2, 0.25) is 0 Å². The molecule has 0 fully saturated rings. The summed E-state index contributed by atoms with van der Waals surface area (Å²) in [6, 6.07) is -0.0231. The van der Waals surface area contributed by atoms with Crippen molar-refractivity contribution in [1.29, 1.82) is 0 Å². The predicted octanol–water partition coefficient (Wildman–Crippen LogP) is 0.0954. The third kappa shape index (κ3) is 2.13. The average molecular weight is 154 g/mol. The molecule has 0 saturated carbocycles. The molecule has 1 heterocycles. The van der Waals surface area contributed by atoms with Gasteiger partial charge >= 0.3 is 0 Å². The van der Waals surface area contributed by atoms with Gasteiger partial charge in [0.1, 0.15) is 0 Å². The molecule has 1 rings (SSSR count). The molecular formula is C8H14N2O. The number of allylic oxidation sites excluding steroid dienone is 1. The Kier molecular flexibility index (Phi) is 2.79. The maximum Gasteiger partial charge on any atom is 0.0888 e. The van der Waals surface area contributed by atoms with Crippen molar-refractivity contribution in [2.24, 2.45) is 10.7 Å². The summed E-state index contributed by atoms with van der Waals surface area (Å²) in [6.07, 6.45) is 4.29. The number of aliphatic hydroxyl groups excluding tert-OH is 1. The second-order valence-electron chi connectivity index (χ2n) is 2.78. The molecule has 2 unspecified atom stereocenters. The molecule has 0 radical (unpaired) electrons. The standard InChI is InChI=1S/C8H14N2O/c1-6-3-2-4-7(10-6)8(11)5-9/h2-3,7-8,11H,4-5,9H2,1H3. The van der Waals surface area contributed by atoms with Crippen LogP contribution in [0.25, 0.3) is 0 Å². The fraction of sp³-hybridized carbons (Fsp3) is 0.625. The third-order valence-corrected chi connectivity index (χ3v) is 1.79. The van der Waals surface area contributed by atoms with Gasteiger partial charge in [0, 0.05) is 12.3 Å². The molecule has 0 aromatic carbocycles. The minimum atomic E-state index is -0.491. The van der Waals surface area contributed by atoms with Crippen LogP contribution in [0.15, 0.2) is 17.1 Å². The van der Waals surface area contributed by atoms with Crippen molar-refractivity contribution in [2.45, 2.75) is 25.5 Å². The van der Waals surface area contributed by atoms with Gasteiger partial charge in [0.25, 0.3) is 0 Å². The SMILES string of the molecule is CC1=NC(C(O)CN)CC=C1. The lowest BCUT2D eigenvalue weighted by Crippen LogP contribution is -2.33. The Bertz CT molecular complexity index is 187. The molecule has 0 bridgehead atoms. The molecule has 0 aromatic heterocycles. The van der Waals surface area contributed by atoms with Gasteiger partial charge in [-0.2, -0.15) is 0 Å². The van der Waals surface area contributed by atoms with Crippen LogP contribution in [0.3, 0.4) is 0 Å². The van der Waals surface area contributed by atoms with Gasteiger partial charge in [-0.25, -0.2) is 0 Å². The maximum absolute atomic E-state index is 9.33. The van der Waals surface area contributed by atoms with E-state index in [9.17, 15) is 5.11 Å². The monoisotopic (exact) mass is 154 g/mol. The lowest BCUT2D eigenvalue weighted by Gasteiger charge is -2.19. The quantitative estimate of drug-likeness (QED) is 0.592. The number of hydrogen-bond donors (Lipinski definition) is 2. The molecule has 0 saturated heterocycles. The molecule has 1 aliphatic rings. The second-order valence-corrected chi connectivity index (χ2v) is 2.78. The summed E-state index contributed by atoms with van der Waals surface area (Å²) in [4.78, 5) is 4.25. The van der Waals surface area contributed by atoms with Gasteiger partial charge < -0.3 is 10.8 Å². The molecule has 0 aliphatic carbocycles. The molecule has 1 aliphatic heterocycles. The number of aliphatic imine (C=N–C) groups is 1. The van der Waals surface area contributed by atoms with Gasteiger partial charge in [-0.3, -0.25) is 4.99 Å². The highest BCUT2D eigenvalue weighted by Crippen LogP contribution is 2.10. The van der Waals surface area contributed by atoms with Crippen LogP contribution in [0.4, 0.5) is 0 Å². The number of nitrogens with two attached hydrogens (primary N) is 1. The number of nitrogens with zero attached hydrogens (tertiary/aromatic N) is 1. The highest BCUT2D eigenvalue weighted by molar-refractivity contribution is 5.93. The smallest absolute Gasteiger partial charge is 0.0888 e. The molecule has 3 N–H and O–H groups in total. The largest absolute Gasteiger partial charge is 0.390 e. The number of rotatable bonds is 2. The van der Waals surface area contributed by atoms with Crippen LogP contribution >= 0.6 is 0 Å². The lowest BCUT2D eigenvalue weighted by molar-refractivity contribution is 0.153. The number of aliphatic hydroxyl groups is 1. The van der Waals surface area contributed by atoms with Gasteiger partial charge in [-0.15, -0.1) is 0 Å². The Morgan fingerprint density at radius 2 is 2.64 bits per heavy atom. The second kappa shape index (κ2) is 3.64. The molecule has 0 amide bonds. The molecule has 3 heteroatoms. The highest BCUT2D eigenvalue weighted by Gasteiger charge is 2.16. The minimum Gasteiger partial charge on any atom is -0.390 e. The summed E-state index contributed by atoms with van der Waals surface area (Å²) in [5, 5.41) is 9.33. The van der Waals surface area contributed by atoms with E-state index in [1.165, 1.54) is 0 Å². The fourth-order valence-corrected chi connectivity index (χ4v) is 1.14. The van der Waals surface area contributed by atoms with Gasteiger partial charge in [0.05, 0.1) is 12.1 Å². The Morgan fingerprint density at radius 3 is 3.18 bits per heavy atom. The van der Waals surface area contributed by atoms with E-state index in [0.717, 1.165) is 12.1 Å². The summed E-state index contributed by atoms with van der Waals surface area (Å²) in [5.74, 6) is 0. The van der Waals surface area contributed by atoms with E-state index in [-0.39, 0.29) is 12.6 Å². The Hall–Kier alpha value is -0.670. The fourth-order valence-electron chi connectivity index (χ4n) is 1.14. The van der Waals surface area contributed by atoms with E-state index >= 15 is 0 Å². The average Bonchev–Trinajstić information content (AvgIpc) is 2.03. The minimum absolute atomic E-state index is 0.0231. The summed E-state index contributed by atoms with van der Waals surface area (Å²) in [5.41, 5.74) is 6.27. The number of hydrogen-bond acceptors (Lipinski definition) is 3. The van der Waals surface area contributed by atoms with Crippen LogP contribution in [0.2, 0.25) is 0 Å². The van der Waals surface area contributed by atoms with Crippen molar-refractivity contribution in [1.82, 2.24) is 0 Å². The first-order valence-corrected chi connectivity index (χ1v) is 3.83. The first-order valence-electron chi connectivity index (χ1n) is 3.83. The van der Waals surface area contributed by atoms with E-state index in [1.54, 1.807) is 0 Å². The van der Waals surface area contributed by atoms with Crippen LogP contribution in [-0.2, 0) is 0 Å². The van der Waals surface area contributed by atoms with Crippen molar-refractivity contribution in [2.75, 3.05) is 6.54 Å². The summed E-state index contributed by atoms with van der Waals surface area (Å²) in [7, 11) is 0. The van der Waals surface area contributed by atoms with Gasteiger partial charge in [-0.1, -0.05) is 6.08 Å². The van der Waals surface area contributed by atoms with E-state index in [4.69, 9.17) is 5.73 Å². The van der Waals surface area contributed by atoms with Crippen LogP contribution < -0.4 is 5.73 Å². The Labute approximate surface area is 66.6 Å². The molecule has 11 heavy (non-hydrogen) atoms. The summed E-state index contributed by atoms with van der Waals surface area (Å²) >= 11 is 0. The van der Waals surface area contributed by atoms with Crippen molar-refractivity contribution in [3.8, 4) is 0 Å². The molecule has 3 nitrogen and oxygen atoms in total. The van der Waals surface area contributed by atoms with Crippen LogP contribution in [0.5, 0.6) is 0 Å². The predicted molar refractivity (Wildman–Crippen MR) is 45.7 cm³/mol. The van der Waals surface area contributed by atoms with Crippen molar-refractivity contribution < 1.29 is 5.11 Å². The molecular weight excluding hydrogens is 140 g/mol. The van der Waals surface area contributed by atoms with Crippen LogP contribution in [0.1, 0.15) is 13.3 Å². The zero-order chi connectivity index (χ0) is 8.27. The summed E-state index contributed by atoms with van der Waals surface area (Å²) < 4.78 is 0. The molecule has 62 valence electrons. The van der Waals surface area contributed by atoms with Crippen LogP contribution in [0, 0.1) is 0 Å². The van der Waals surface area contributed by atoms with Crippen molar-refractivity contribution in [3.63, 3.8) is 0 Å². The zero-order valence-electron chi connectivity index (χ0n) is 6.70. The molecule has 0 aromatic rings. The van der Waals surface area contributed by atoms with Crippen molar-refractivity contribution >= 4 is 5.71 Å². The first kappa shape index (κ1) is 8.43. The lowest BCUT2D eigenvalue weighted by atomic mass is 10.1. The highest BCUT2D eigenvalue weighted by atomic mass is 16.3. The third-order valence-electron chi connectivity index (χ3n) is 1.79. The zero-order valence-corrected chi connectivity index (χ0v) is 6.70. The van der Waals surface area contributed by atoms with Crippen molar-refractivity contribution in [3.05, 3.63) is 12.2 Å². The van der Waals surface area contributed by atoms with E-state index in [0.29, 0.717) is 0 Å². The first-order chi connectivity index (χ1) is 5.24. The van der Waals surface area contributed by atoms with E-state index < -0.39 is 6.10 Å².